The summed E-state index contributed by atoms with van der Waals surface area (Å²) in [4.78, 5) is 19.5. The Kier molecular flexibility index (Phi) is 4.21. The summed E-state index contributed by atoms with van der Waals surface area (Å²) in [6.07, 6.45) is 0. The molecular weight excluding hydrogens is 360 g/mol. The monoisotopic (exact) mass is 371 g/mol. The van der Waals surface area contributed by atoms with Gasteiger partial charge in [-0.2, -0.15) is 0 Å². The number of amides is 1. The summed E-state index contributed by atoms with van der Waals surface area (Å²) in [5.74, 6) is -2.37. The van der Waals surface area contributed by atoms with Crippen LogP contribution in [0.15, 0.2) is 47.6 Å². The van der Waals surface area contributed by atoms with Gasteiger partial charge in [0.05, 0.1) is 5.75 Å². The molecule has 0 fully saturated rings. The first-order valence-corrected chi connectivity index (χ1v) is 8.57. The van der Waals surface area contributed by atoms with Crippen molar-refractivity contribution in [3.63, 3.8) is 0 Å². The molecular formula is C17H11F2N5OS. The molecule has 2 aromatic carbocycles. The number of H-pyrrole nitrogens is 1. The highest BCUT2D eigenvalue weighted by molar-refractivity contribution is 7.99. The van der Waals surface area contributed by atoms with E-state index in [2.05, 4.69) is 25.5 Å². The minimum atomic E-state index is -1.02. The Balaban J connectivity index is 1.46. The van der Waals surface area contributed by atoms with E-state index in [1.165, 1.54) is 6.07 Å². The van der Waals surface area contributed by atoms with Gasteiger partial charge in [0.15, 0.2) is 17.3 Å². The number of rotatable bonds is 4. The van der Waals surface area contributed by atoms with Crippen LogP contribution >= 0.6 is 11.8 Å². The number of carbonyl (C=O) groups is 1. The van der Waals surface area contributed by atoms with Gasteiger partial charge in [-0.3, -0.25) is 4.79 Å². The van der Waals surface area contributed by atoms with Crippen molar-refractivity contribution >= 4 is 45.4 Å². The van der Waals surface area contributed by atoms with E-state index in [1.807, 2.05) is 24.3 Å². The molecule has 0 saturated carbocycles. The van der Waals surface area contributed by atoms with Crippen LogP contribution in [-0.2, 0) is 4.79 Å². The summed E-state index contributed by atoms with van der Waals surface area (Å²) >= 11 is 1.10. The maximum Gasteiger partial charge on any atom is 0.234 e. The van der Waals surface area contributed by atoms with Crippen molar-refractivity contribution in [2.75, 3.05) is 11.1 Å². The first kappa shape index (κ1) is 16.4. The van der Waals surface area contributed by atoms with Gasteiger partial charge >= 0.3 is 0 Å². The van der Waals surface area contributed by atoms with Gasteiger partial charge in [-0.15, -0.1) is 10.2 Å². The SMILES string of the molecule is O=C(CSc1nnc2c(n1)[nH]c1ccccc12)Nc1ccc(F)c(F)c1. The zero-order chi connectivity index (χ0) is 18.1. The quantitative estimate of drug-likeness (QED) is 0.536. The second-order valence-electron chi connectivity index (χ2n) is 5.43. The topological polar surface area (TPSA) is 83.6 Å². The fraction of sp³-hybridized carbons (Fsp3) is 0.0588. The van der Waals surface area contributed by atoms with Crippen LogP contribution in [0.5, 0.6) is 0 Å². The van der Waals surface area contributed by atoms with E-state index in [4.69, 9.17) is 0 Å². The largest absolute Gasteiger partial charge is 0.338 e. The van der Waals surface area contributed by atoms with E-state index in [1.54, 1.807) is 0 Å². The Hall–Kier alpha value is -3.07. The van der Waals surface area contributed by atoms with Crippen molar-refractivity contribution < 1.29 is 13.6 Å². The van der Waals surface area contributed by atoms with Crippen LogP contribution in [0.2, 0.25) is 0 Å². The molecule has 0 aliphatic heterocycles. The number of anilines is 1. The number of para-hydroxylation sites is 1. The second-order valence-corrected chi connectivity index (χ2v) is 6.37. The van der Waals surface area contributed by atoms with Crippen molar-refractivity contribution in [3.05, 3.63) is 54.1 Å². The molecule has 0 bridgehead atoms. The minimum Gasteiger partial charge on any atom is -0.338 e. The Labute approximate surface area is 150 Å². The first-order valence-electron chi connectivity index (χ1n) is 7.59. The minimum absolute atomic E-state index is 0.00636. The predicted molar refractivity (Wildman–Crippen MR) is 94.9 cm³/mol. The van der Waals surface area contributed by atoms with Crippen molar-refractivity contribution in [1.82, 2.24) is 20.2 Å². The molecule has 4 aromatic rings. The summed E-state index contributed by atoms with van der Waals surface area (Å²) in [7, 11) is 0. The van der Waals surface area contributed by atoms with E-state index in [0.717, 1.165) is 34.8 Å². The Morgan fingerprint density at radius 2 is 1.96 bits per heavy atom. The normalized spacial score (nSPS) is 11.2. The van der Waals surface area contributed by atoms with E-state index in [-0.39, 0.29) is 17.3 Å². The van der Waals surface area contributed by atoms with Gasteiger partial charge in [0.2, 0.25) is 11.1 Å². The van der Waals surface area contributed by atoms with E-state index < -0.39 is 11.6 Å². The fourth-order valence-electron chi connectivity index (χ4n) is 2.47. The number of aromatic amines is 1. The smallest absolute Gasteiger partial charge is 0.234 e. The predicted octanol–water partition coefficient (Wildman–Crippen LogP) is 3.52. The van der Waals surface area contributed by atoms with Gasteiger partial charge in [0, 0.05) is 22.7 Å². The number of hydrogen-bond donors (Lipinski definition) is 2. The van der Waals surface area contributed by atoms with Crippen molar-refractivity contribution in [3.8, 4) is 0 Å². The number of halogens is 2. The lowest BCUT2D eigenvalue weighted by molar-refractivity contribution is -0.113. The zero-order valence-corrected chi connectivity index (χ0v) is 14.0. The van der Waals surface area contributed by atoms with Gasteiger partial charge in [0.25, 0.3) is 0 Å². The van der Waals surface area contributed by atoms with Crippen LogP contribution < -0.4 is 5.32 Å². The summed E-state index contributed by atoms with van der Waals surface area (Å²) in [5.41, 5.74) is 2.34. The van der Waals surface area contributed by atoms with Gasteiger partial charge in [-0.05, 0) is 18.2 Å². The van der Waals surface area contributed by atoms with Crippen LogP contribution in [0.3, 0.4) is 0 Å². The molecule has 0 atom stereocenters. The molecule has 0 unspecified atom stereocenters. The maximum atomic E-state index is 13.2. The molecule has 26 heavy (non-hydrogen) atoms. The highest BCUT2D eigenvalue weighted by Gasteiger charge is 2.11. The van der Waals surface area contributed by atoms with Crippen LogP contribution in [0.25, 0.3) is 22.1 Å². The third-order valence-corrected chi connectivity index (χ3v) is 4.48. The number of benzene rings is 2. The van der Waals surface area contributed by atoms with Crippen LogP contribution in [0, 0.1) is 11.6 Å². The fourth-order valence-corrected chi connectivity index (χ4v) is 3.05. The van der Waals surface area contributed by atoms with E-state index >= 15 is 0 Å². The third-order valence-electron chi connectivity index (χ3n) is 3.64. The Bertz CT molecular complexity index is 1130. The number of nitrogens with zero attached hydrogens (tertiary/aromatic N) is 3. The molecule has 2 N–H and O–H groups in total. The van der Waals surface area contributed by atoms with Crippen molar-refractivity contribution in [2.24, 2.45) is 0 Å². The zero-order valence-electron chi connectivity index (χ0n) is 13.2. The lowest BCUT2D eigenvalue weighted by atomic mass is 10.2. The summed E-state index contributed by atoms with van der Waals surface area (Å²) in [6.45, 7) is 0. The number of aromatic nitrogens is 4. The van der Waals surface area contributed by atoms with E-state index in [9.17, 15) is 13.6 Å². The van der Waals surface area contributed by atoms with Crippen molar-refractivity contribution in [2.45, 2.75) is 5.16 Å². The summed E-state index contributed by atoms with van der Waals surface area (Å²) < 4.78 is 26.0. The molecule has 1 amide bonds. The molecule has 6 nitrogen and oxygen atoms in total. The molecule has 0 radical (unpaired) electrons. The molecule has 4 rings (SSSR count). The maximum absolute atomic E-state index is 13.2. The highest BCUT2D eigenvalue weighted by atomic mass is 32.2. The van der Waals surface area contributed by atoms with Crippen molar-refractivity contribution in [1.29, 1.82) is 0 Å². The lowest BCUT2D eigenvalue weighted by Crippen LogP contribution is -2.14. The molecule has 0 aliphatic carbocycles. The average molecular weight is 371 g/mol. The number of hydrogen-bond acceptors (Lipinski definition) is 5. The number of fused-ring (bicyclic) bond motifs is 3. The lowest BCUT2D eigenvalue weighted by Gasteiger charge is -2.05. The van der Waals surface area contributed by atoms with Gasteiger partial charge in [-0.1, -0.05) is 30.0 Å². The molecule has 9 heteroatoms. The summed E-state index contributed by atoms with van der Waals surface area (Å²) in [5, 5.41) is 11.9. The highest BCUT2D eigenvalue weighted by Crippen LogP contribution is 2.23. The van der Waals surface area contributed by atoms with Crippen LogP contribution in [0.4, 0.5) is 14.5 Å². The average Bonchev–Trinajstić information content (AvgIpc) is 3.01. The molecule has 0 spiro atoms. The third kappa shape index (κ3) is 3.21. The summed E-state index contributed by atoms with van der Waals surface area (Å²) in [6, 6.07) is 10.8. The number of carbonyl (C=O) groups excluding carboxylic acids is 1. The van der Waals surface area contributed by atoms with Crippen LogP contribution in [0.1, 0.15) is 0 Å². The standard InChI is InChI=1S/C17H11F2N5OS/c18-11-6-5-9(7-12(11)19)20-14(25)8-26-17-22-16-15(23-24-17)10-3-1-2-4-13(10)21-16/h1-7H,8H2,(H,20,25)(H,21,22,24). The Morgan fingerprint density at radius 3 is 2.81 bits per heavy atom. The molecule has 2 aromatic heterocycles. The van der Waals surface area contributed by atoms with Gasteiger partial charge < -0.3 is 10.3 Å². The van der Waals surface area contributed by atoms with Gasteiger partial charge in [-0.25, -0.2) is 13.8 Å². The van der Waals surface area contributed by atoms with Crippen LogP contribution in [-0.4, -0.2) is 31.8 Å². The molecule has 0 saturated heterocycles. The molecule has 130 valence electrons. The van der Waals surface area contributed by atoms with E-state index in [0.29, 0.717) is 16.3 Å². The number of nitrogens with one attached hydrogen (secondary N) is 2. The molecule has 0 aliphatic rings. The number of thioether (sulfide) groups is 1. The van der Waals surface area contributed by atoms with Gasteiger partial charge in [0.1, 0.15) is 5.52 Å². The second kappa shape index (κ2) is 6.68. The Morgan fingerprint density at radius 1 is 1.12 bits per heavy atom. The first-order chi connectivity index (χ1) is 12.6. The molecule has 2 heterocycles.